The molecule has 0 spiro atoms. The van der Waals surface area contributed by atoms with E-state index in [2.05, 4.69) is 32.8 Å². The molecule has 0 saturated carbocycles. The van der Waals surface area contributed by atoms with Crippen LogP contribution in [0.15, 0.2) is 30.6 Å². The van der Waals surface area contributed by atoms with Crippen molar-refractivity contribution in [2.75, 3.05) is 31.1 Å². The van der Waals surface area contributed by atoms with Crippen molar-refractivity contribution < 1.29 is 5.11 Å². The number of anilines is 1. The van der Waals surface area contributed by atoms with Gasteiger partial charge in [-0.3, -0.25) is 4.90 Å². The molecule has 1 N–H and O–H groups in total. The van der Waals surface area contributed by atoms with E-state index in [9.17, 15) is 5.11 Å². The third-order valence-corrected chi connectivity index (χ3v) is 4.40. The van der Waals surface area contributed by atoms with Crippen LogP contribution in [0.25, 0.3) is 10.9 Å². The van der Waals surface area contributed by atoms with Crippen LogP contribution in [0.3, 0.4) is 0 Å². The van der Waals surface area contributed by atoms with E-state index >= 15 is 0 Å². The van der Waals surface area contributed by atoms with Crippen molar-refractivity contribution in [3.05, 3.63) is 30.6 Å². The van der Waals surface area contributed by atoms with Crippen molar-refractivity contribution in [2.24, 2.45) is 0 Å². The number of aliphatic hydroxyl groups excluding tert-OH is 1. The number of rotatable bonds is 4. The van der Waals surface area contributed by atoms with Gasteiger partial charge in [-0.15, -0.1) is 0 Å². The predicted octanol–water partition coefficient (Wildman–Crippen LogP) is 1.91. The molecule has 2 heterocycles. The van der Waals surface area contributed by atoms with Gasteiger partial charge < -0.3 is 10.0 Å². The van der Waals surface area contributed by atoms with E-state index in [1.165, 1.54) is 0 Å². The van der Waals surface area contributed by atoms with E-state index in [4.69, 9.17) is 0 Å². The van der Waals surface area contributed by atoms with E-state index < -0.39 is 0 Å². The van der Waals surface area contributed by atoms with Gasteiger partial charge in [0, 0.05) is 37.6 Å². The second kappa shape index (κ2) is 6.58. The fraction of sp³-hybridized carbons (Fsp3) is 0.529. The lowest BCUT2D eigenvalue weighted by Gasteiger charge is -2.42. The highest BCUT2D eigenvalue weighted by Gasteiger charge is 2.27. The zero-order valence-electron chi connectivity index (χ0n) is 13.3. The lowest BCUT2D eigenvalue weighted by Crippen LogP contribution is -2.54. The molecule has 0 bridgehead atoms. The van der Waals surface area contributed by atoms with Crippen molar-refractivity contribution in [3.63, 3.8) is 0 Å². The molecule has 1 fully saturated rings. The third kappa shape index (κ3) is 3.05. The fourth-order valence-corrected chi connectivity index (χ4v) is 3.29. The standard InChI is InChI=1S/C17H24N4O/c1-3-14-11-21(9-8-20(14)10-13(2)22)17-15-6-4-5-7-16(15)18-12-19-17/h4-7,12-14,22H,3,8-11H2,1-2H3. The first kappa shape index (κ1) is 15.2. The van der Waals surface area contributed by atoms with Crippen LogP contribution < -0.4 is 4.90 Å². The summed E-state index contributed by atoms with van der Waals surface area (Å²) in [5.74, 6) is 1.03. The number of benzene rings is 1. The minimum atomic E-state index is -0.277. The Morgan fingerprint density at radius 1 is 1.27 bits per heavy atom. The van der Waals surface area contributed by atoms with Crippen molar-refractivity contribution >= 4 is 16.7 Å². The molecule has 1 aliphatic rings. The molecule has 2 atom stereocenters. The van der Waals surface area contributed by atoms with Crippen LogP contribution in [0.1, 0.15) is 20.3 Å². The minimum absolute atomic E-state index is 0.277. The first-order valence-corrected chi connectivity index (χ1v) is 8.06. The Morgan fingerprint density at radius 2 is 2.09 bits per heavy atom. The zero-order valence-corrected chi connectivity index (χ0v) is 13.3. The van der Waals surface area contributed by atoms with Gasteiger partial charge in [-0.25, -0.2) is 9.97 Å². The molecule has 2 aromatic rings. The monoisotopic (exact) mass is 300 g/mol. The number of nitrogens with zero attached hydrogens (tertiary/aromatic N) is 4. The van der Waals surface area contributed by atoms with Crippen molar-refractivity contribution in [1.29, 1.82) is 0 Å². The Labute approximate surface area is 131 Å². The largest absolute Gasteiger partial charge is 0.392 e. The van der Waals surface area contributed by atoms with Crippen LogP contribution in [0.5, 0.6) is 0 Å². The number of fused-ring (bicyclic) bond motifs is 1. The molecular formula is C17H24N4O. The van der Waals surface area contributed by atoms with E-state index in [-0.39, 0.29) is 6.10 Å². The topological polar surface area (TPSA) is 52.5 Å². The number of aromatic nitrogens is 2. The minimum Gasteiger partial charge on any atom is -0.392 e. The summed E-state index contributed by atoms with van der Waals surface area (Å²) in [6.45, 7) is 7.66. The number of aliphatic hydroxyl groups is 1. The van der Waals surface area contributed by atoms with Crippen molar-refractivity contribution in [2.45, 2.75) is 32.4 Å². The SMILES string of the molecule is CCC1CN(c2ncnc3ccccc23)CCN1CC(C)O. The van der Waals surface area contributed by atoms with Crippen LogP contribution in [0.4, 0.5) is 5.82 Å². The normalized spacial score (nSPS) is 21.2. The average Bonchev–Trinajstić information content (AvgIpc) is 2.54. The highest BCUT2D eigenvalue weighted by molar-refractivity contribution is 5.89. The van der Waals surface area contributed by atoms with Gasteiger partial charge in [-0.05, 0) is 25.5 Å². The molecular weight excluding hydrogens is 276 g/mol. The Morgan fingerprint density at radius 3 is 2.86 bits per heavy atom. The highest BCUT2D eigenvalue weighted by Crippen LogP contribution is 2.25. The summed E-state index contributed by atoms with van der Waals surface area (Å²) in [5, 5.41) is 10.8. The van der Waals surface area contributed by atoms with E-state index in [1.54, 1.807) is 6.33 Å². The van der Waals surface area contributed by atoms with Gasteiger partial charge in [0.05, 0.1) is 11.6 Å². The van der Waals surface area contributed by atoms with Gasteiger partial charge in [-0.2, -0.15) is 0 Å². The summed E-state index contributed by atoms with van der Waals surface area (Å²) in [7, 11) is 0. The van der Waals surface area contributed by atoms with Crippen LogP contribution in [0.2, 0.25) is 0 Å². The van der Waals surface area contributed by atoms with Crippen LogP contribution in [-0.4, -0.2) is 58.3 Å². The lowest BCUT2D eigenvalue weighted by atomic mass is 10.1. The Hall–Kier alpha value is -1.72. The zero-order chi connectivity index (χ0) is 15.5. The molecule has 0 radical (unpaired) electrons. The molecule has 5 heteroatoms. The maximum Gasteiger partial charge on any atom is 0.139 e. The van der Waals surface area contributed by atoms with Gasteiger partial charge in [0.1, 0.15) is 12.1 Å². The predicted molar refractivity (Wildman–Crippen MR) is 89.1 cm³/mol. The van der Waals surface area contributed by atoms with Gasteiger partial charge in [0.25, 0.3) is 0 Å². The van der Waals surface area contributed by atoms with Crippen molar-refractivity contribution in [3.8, 4) is 0 Å². The Bertz CT molecular complexity index is 626. The first-order valence-electron chi connectivity index (χ1n) is 8.06. The van der Waals surface area contributed by atoms with Gasteiger partial charge >= 0.3 is 0 Å². The van der Waals surface area contributed by atoms with E-state index in [0.717, 1.165) is 49.3 Å². The third-order valence-electron chi connectivity index (χ3n) is 4.40. The fourth-order valence-electron chi connectivity index (χ4n) is 3.29. The maximum absolute atomic E-state index is 9.67. The number of hydrogen-bond acceptors (Lipinski definition) is 5. The van der Waals surface area contributed by atoms with Gasteiger partial charge in [0.2, 0.25) is 0 Å². The lowest BCUT2D eigenvalue weighted by molar-refractivity contribution is 0.0885. The molecule has 1 aromatic heterocycles. The second-order valence-corrected chi connectivity index (χ2v) is 6.07. The van der Waals surface area contributed by atoms with Crippen molar-refractivity contribution in [1.82, 2.24) is 14.9 Å². The summed E-state index contributed by atoms with van der Waals surface area (Å²) in [6.07, 6.45) is 2.45. The Balaban J connectivity index is 1.84. The smallest absolute Gasteiger partial charge is 0.139 e. The highest BCUT2D eigenvalue weighted by atomic mass is 16.3. The molecule has 1 aliphatic heterocycles. The van der Waals surface area contributed by atoms with Crippen LogP contribution >= 0.6 is 0 Å². The van der Waals surface area contributed by atoms with Crippen LogP contribution in [0, 0.1) is 0 Å². The molecule has 0 aliphatic carbocycles. The van der Waals surface area contributed by atoms with E-state index in [1.807, 2.05) is 25.1 Å². The summed E-state index contributed by atoms with van der Waals surface area (Å²) >= 11 is 0. The molecule has 118 valence electrons. The molecule has 0 amide bonds. The second-order valence-electron chi connectivity index (χ2n) is 6.07. The number of piperazine rings is 1. The Kier molecular flexibility index (Phi) is 4.55. The molecule has 22 heavy (non-hydrogen) atoms. The summed E-state index contributed by atoms with van der Waals surface area (Å²) < 4.78 is 0. The molecule has 2 unspecified atom stereocenters. The summed E-state index contributed by atoms with van der Waals surface area (Å²) in [5.41, 5.74) is 0.993. The number of para-hydroxylation sites is 1. The maximum atomic E-state index is 9.67. The van der Waals surface area contributed by atoms with Gasteiger partial charge in [-0.1, -0.05) is 19.1 Å². The molecule has 1 saturated heterocycles. The van der Waals surface area contributed by atoms with E-state index in [0.29, 0.717) is 6.04 Å². The van der Waals surface area contributed by atoms with Gasteiger partial charge in [0.15, 0.2) is 0 Å². The van der Waals surface area contributed by atoms with Crippen LogP contribution in [-0.2, 0) is 0 Å². The average molecular weight is 300 g/mol. The first-order chi connectivity index (χ1) is 10.7. The quantitative estimate of drug-likeness (QED) is 0.935. The number of β-amino-alcohol motifs (C(OH)–C–C–N with tert-alkyl or cyclic N) is 1. The molecule has 3 rings (SSSR count). The molecule has 5 nitrogen and oxygen atoms in total. The summed E-state index contributed by atoms with van der Waals surface area (Å²) in [6, 6.07) is 8.62. The number of hydrogen-bond donors (Lipinski definition) is 1. The summed E-state index contributed by atoms with van der Waals surface area (Å²) in [4.78, 5) is 13.6. The molecule has 1 aromatic carbocycles.